The van der Waals surface area contributed by atoms with Crippen molar-refractivity contribution in [2.45, 2.75) is 0 Å². The highest BCUT2D eigenvalue weighted by Crippen LogP contribution is 2.44. The molecule has 11 aromatic rings. The maximum atomic E-state index is 5.27. The Kier molecular flexibility index (Phi) is 9.45. The SMILES string of the molecule is c1ccc(-c2ccc(-c3nc(-c4ccccc4)cc(-c4ccc(-c5c(-c6nc(-c7ccccc7)nc(-c7ccccc7)n6)c6ccccc6c6ccccc56)cc4)n3)cc2)cc1. The Morgan fingerprint density at radius 1 is 0.194 bits per heavy atom. The van der Waals surface area contributed by atoms with Gasteiger partial charge in [-0.15, -0.1) is 0 Å². The molecular weight excluding hydrogens is 755 g/mol. The summed E-state index contributed by atoms with van der Waals surface area (Å²) in [6.45, 7) is 0. The normalized spacial score (nSPS) is 11.2. The van der Waals surface area contributed by atoms with E-state index < -0.39 is 0 Å². The van der Waals surface area contributed by atoms with Crippen molar-refractivity contribution in [2.24, 2.45) is 0 Å². The van der Waals surface area contributed by atoms with Crippen LogP contribution in [-0.2, 0) is 0 Å². The van der Waals surface area contributed by atoms with Gasteiger partial charge in [-0.2, -0.15) is 0 Å². The fraction of sp³-hybridized carbons (Fsp3) is 0. The molecule has 2 aromatic heterocycles. The van der Waals surface area contributed by atoms with E-state index in [1.54, 1.807) is 0 Å². The molecule has 0 spiro atoms. The maximum Gasteiger partial charge on any atom is 0.165 e. The van der Waals surface area contributed by atoms with E-state index in [1.165, 1.54) is 5.56 Å². The third-order valence-electron chi connectivity index (χ3n) is 11.4. The number of benzene rings is 9. The van der Waals surface area contributed by atoms with Crippen molar-refractivity contribution in [3.63, 3.8) is 0 Å². The lowest BCUT2D eigenvalue weighted by Crippen LogP contribution is -2.02. The molecule has 0 amide bonds. The van der Waals surface area contributed by atoms with Crippen molar-refractivity contribution in [3.05, 3.63) is 224 Å². The van der Waals surface area contributed by atoms with E-state index in [0.29, 0.717) is 23.3 Å². The van der Waals surface area contributed by atoms with Gasteiger partial charge >= 0.3 is 0 Å². The van der Waals surface area contributed by atoms with Gasteiger partial charge in [0.1, 0.15) is 0 Å². The minimum Gasteiger partial charge on any atom is -0.228 e. The summed E-state index contributed by atoms with van der Waals surface area (Å²) in [5, 5.41) is 4.49. The molecule has 9 aromatic carbocycles. The molecule has 0 atom stereocenters. The van der Waals surface area contributed by atoms with E-state index >= 15 is 0 Å². The number of aromatic nitrogens is 5. The Bertz CT molecular complexity index is 3300. The minimum absolute atomic E-state index is 0.616. The fourth-order valence-electron chi connectivity index (χ4n) is 8.32. The second-order valence-electron chi connectivity index (χ2n) is 15.2. The highest BCUT2D eigenvalue weighted by Gasteiger charge is 2.22. The van der Waals surface area contributed by atoms with Crippen LogP contribution in [0.4, 0.5) is 0 Å². The van der Waals surface area contributed by atoms with Crippen LogP contribution in [0.25, 0.3) is 112 Å². The van der Waals surface area contributed by atoms with Gasteiger partial charge in [0.05, 0.1) is 11.4 Å². The number of hydrogen-bond donors (Lipinski definition) is 0. The highest BCUT2D eigenvalue weighted by atomic mass is 15.0. The van der Waals surface area contributed by atoms with E-state index in [-0.39, 0.29) is 0 Å². The van der Waals surface area contributed by atoms with E-state index in [4.69, 9.17) is 24.9 Å². The van der Waals surface area contributed by atoms with Crippen LogP contribution in [0.1, 0.15) is 0 Å². The average Bonchev–Trinajstić information content (AvgIpc) is 3.37. The highest BCUT2D eigenvalue weighted by molar-refractivity contribution is 6.21. The summed E-state index contributed by atoms with van der Waals surface area (Å²) in [4.78, 5) is 25.9. The van der Waals surface area contributed by atoms with Gasteiger partial charge in [0.25, 0.3) is 0 Å². The van der Waals surface area contributed by atoms with Gasteiger partial charge < -0.3 is 0 Å². The van der Waals surface area contributed by atoms with Crippen LogP contribution in [0.5, 0.6) is 0 Å². The largest absolute Gasteiger partial charge is 0.228 e. The van der Waals surface area contributed by atoms with Gasteiger partial charge in [-0.3, -0.25) is 0 Å². The molecule has 0 N–H and O–H groups in total. The lowest BCUT2D eigenvalue weighted by molar-refractivity contribution is 1.08. The van der Waals surface area contributed by atoms with Crippen molar-refractivity contribution in [3.8, 4) is 90.3 Å². The first-order valence-corrected chi connectivity index (χ1v) is 20.8. The van der Waals surface area contributed by atoms with Gasteiger partial charge in [-0.25, -0.2) is 24.9 Å². The molecular formula is C57H37N5. The predicted molar refractivity (Wildman–Crippen MR) is 254 cm³/mol. The molecule has 5 nitrogen and oxygen atoms in total. The number of fused-ring (bicyclic) bond motifs is 3. The first-order valence-electron chi connectivity index (χ1n) is 20.8. The van der Waals surface area contributed by atoms with Crippen molar-refractivity contribution >= 4 is 21.5 Å². The zero-order valence-electron chi connectivity index (χ0n) is 33.6. The van der Waals surface area contributed by atoms with Crippen LogP contribution in [0, 0.1) is 0 Å². The summed E-state index contributed by atoms with van der Waals surface area (Å²) in [7, 11) is 0. The number of rotatable bonds is 8. The Morgan fingerprint density at radius 3 is 1.02 bits per heavy atom. The summed E-state index contributed by atoms with van der Waals surface area (Å²) in [5.74, 6) is 2.53. The van der Waals surface area contributed by atoms with Crippen LogP contribution in [0.3, 0.4) is 0 Å². The molecule has 2 heterocycles. The second kappa shape index (κ2) is 16.0. The van der Waals surface area contributed by atoms with Crippen LogP contribution in [-0.4, -0.2) is 24.9 Å². The van der Waals surface area contributed by atoms with Gasteiger partial charge in [-0.1, -0.05) is 218 Å². The van der Waals surface area contributed by atoms with Crippen LogP contribution >= 0.6 is 0 Å². The quantitative estimate of drug-likeness (QED) is 0.143. The standard InChI is InChI=1S/C57H37N5/c1-5-17-38(18-6-1)39-29-35-45(36-30-39)54-58-50(40-19-7-2-8-20-40)37-51(59-54)41-31-33-42(34-32-41)52-48-27-15-13-25-46(48)47-26-14-16-28-49(47)53(52)57-61-55(43-21-9-3-10-22-43)60-56(62-57)44-23-11-4-12-24-44/h1-37H. The molecule has 11 rings (SSSR count). The van der Waals surface area contributed by atoms with E-state index in [9.17, 15) is 0 Å². The molecule has 62 heavy (non-hydrogen) atoms. The molecule has 0 unspecified atom stereocenters. The molecule has 0 aliphatic heterocycles. The molecule has 0 saturated heterocycles. The first-order chi connectivity index (χ1) is 30.7. The number of hydrogen-bond acceptors (Lipinski definition) is 5. The third kappa shape index (κ3) is 6.97. The summed E-state index contributed by atoms with van der Waals surface area (Å²) in [5.41, 5.74) is 11.9. The smallest absolute Gasteiger partial charge is 0.165 e. The average molecular weight is 792 g/mol. The van der Waals surface area contributed by atoms with Crippen LogP contribution < -0.4 is 0 Å². The maximum absolute atomic E-state index is 5.27. The monoisotopic (exact) mass is 791 g/mol. The van der Waals surface area contributed by atoms with Crippen molar-refractivity contribution < 1.29 is 0 Å². The molecule has 0 bridgehead atoms. The summed E-state index contributed by atoms with van der Waals surface area (Å²) in [6.07, 6.45) is 0. The minimum atomic E-state index is 0.616. The molecule has 0 saturated carbocycles. The second-order valence-corrected chi connectivity index (χ2v) is 15.2. The predicted octanol–water partition coefficient (Wildman–Crippen LogP) is 14.3. The fourth-order valence-corrected chi connectivity index (χ4v) is 8.32. The Labute approximate surface area is 359 Å². The van der Waals surface area contributed by atoms with E-state index in [0.717, 1.165) is 83.0 Å². The van der Waals surface area contributed by atoms with E-state index in [2.05, 4.69) is 140 Å². The van der Waals surface area contributed by atoms with Gasteiger partial charge in [-0.05, 0) is 44.3 Å². The molecule has 5 heteroatoms. The van der Waals surface area contributed by atoms with Crippen molar-refractivity contribution in [1.82, 2.24) is 24.9 Å². The van der Waals surface area contributed by atoms with E-state index in [1.807, 2.05) is 84.9 Å². The summed E-state index contributed by atoms with van der Waals surface area (Å²) < 4.78 is 0. The molecule has 290 valence electrons. The molecule has 0 fully saturated rings. The molecule has 0 radical (unpaired) electrons. The zero-order valence-corrected chi connectivity index (χ0v) is 33.6. The lowest BCUT2D eigenvalue weighted by atomic mass is 9.87. The Balaban J connectivity index is 1.09. The molecule has 0 aliphatic carbocycles. The third-order valence-corrected chi connectivity index (χ3v) is 11.4. The van der Waals surface area contributed by atoms with Crippen LogP contribution in [0.15, 0.2) is 224 Å². The van der Waals surface area contributed by atoms with Gasteiger partial charge in [0.15, 0.2) is 23.3 Å². The van der Waals surface area contributed by atoms with Crippen LogP contribution in [0.2, 0.25) is 0 Å². The Morgan fingerprint density at radius 2 is 0.500 bits per heavy atom. The van der Waals surface area contributed by atoms with Crippen molar-refractivity contribution in [1.29, 1.82) is 0 Å². The van der Waals surface area contributed by atoms with Gasteiger partial charge in [0.2, 0.25) is 0 Å². The lowest BCUT2D eigenvalue weighted by Gasteiger charge is -2.18. The van der Waals surface area contributed by atoms with Crippen molar-refractivity contribution in [2.75, 3.05) is 0 Å². The zero-order chi connectivity index (χ0) is 41.2. The van der Waals surface area contributed by atoms with Gasteiger partial charge in [0, 0.05) is 38.9 Å². The topological polar surface area (TPSA) is 64.5 Å². The Hall–Kier alpha value is -8.41. The number of nitrogens with zero attached hydrogens (tertiary/aromatic N) is 5. The summed E-state index contributed by atoms with van der Waals surface area (Å²) >= 11 is 0. The molecule has 0 aliphatic rings. The summed E-state index contributed by atoms with van der Waals surface area (Å²) in [6, 6.07) is 77.5. The first kappa shape index (κ1) is 36.7.